The van der Waals surface area contributed by atoms with Gasteiger partial charge in [-0.3, -0.25) is 4.79 Å². The van der Waals surface area contributed by atoms with Gasteiger partial charge in [0.1, 0.15) is 5.76 Å². The lowest BCUT2D eigenvalue weighted by Crippen LogP contribution is -2.25. The van der Waals surface area contributed by atoms with Gasteiger partial charge in [-0.25, -0.2) is 0 Å². The zero-order chi connectivity index (χ0) is 13.0. The fourth-order valence-corrected chi connectivity index (χ4v) is 1.76. The Kier molecular flexibility index (Phi) is 3.77. The van der Waals surface area contributed by atoms with Crippen molar-refractivity contribution in [2.45, 2.75) is 13.8 Å². The van der Waals surface area contributed by atoms with E-state index in [1.54, 1.807) is 0 Å². The summed E-state index contributed by atoms with van der Waals surface area (Å²) in [4.78, 5) is 17.4. The zero-order valence-corrected chi connectivity index (χ0v) is 10.6. The van der Waals surface area contributed by atoms with Crippen LogP contribution in [-0.2, 0) is 0 Å². The van der Waals surface area contributed by atoms with E-state index in [-0.39, 0.29) is 5.56 Å². The minimum atomic E-state index is -0.276. The van der Waals surface area contributed by atoms with Crippen LogP contribution in [0.15, 0.2) is 45.6 Å². The molecular formula is C14H16N2O2. The molecule has 0 saturated heterocycles. The van der Waals surface area contributed by atoms with Gasteiger partial charge >= 0.3 is 6.01 Å². The molecule has 0 aliphatic rings. The van der Waals surface area contributed by atoms with Crippen molar-refractivity contribution in [1.29, 1.82) is 0 Å². The highest BCUT2D eigenvalue weighted by Crippen LogP contribution is 2.20. The molecule has 0 radical (unpaired) electrons. The molecule has 0 N–H and O–H groups in total. The van der Waals surface area contributed by atoms with E-state index in [1.807, 2.05) is 49.1 Å². The second kappa shape index (κ2) is 5.49. The second-order valence-corrected chi connectivity index (χ2v) is 3.88. The highest BCUT2D eigenvalue weighted by molar-refractivity contribution is 5.57. The summed E-state index contributed by atoms with van der Waals surface area (Å²) < 4.78 is 5.70. The maximum Gasteiger partial charge on any atom is 0.301 e. The van der Waals surface area contributed by atoms with E-state index in [9.17, 15) is 4.79 Å². The molecule has 1 aromatic heterocycles. The van der Waals surface area contributed by atoms with Crippen LogP contribution in [0.3, 0.4) is 0 Å². The van der Waals surface area contributed by atoms with Gasteiger partial charge in [-0.1, -0.05) is 30.3 Å². The third-order valence-corrected chi connectivity index (χ3v) is 2.75. The average molecular weight is 244 g/mol. The first-order valence-corrected chi connectivity index (χ1v) is 6.07. The molecule has 0 amide bonds. The molecule has 2 rings (SSSR count). The van der Waals surface area contributed by atoms with E-state index in [1.165, 1.54) is 6.07 Å². The number of rotatable bonds is 4. The Labute approximate surface area is 106 Å². The van der Waals surface area contributed by atoms with Gasteiger partial charge in [0.15, 0.2) is 0 Å². The predicted molar refractivity (Wildman–Crippen MR) is 71.8 cm³/mol. The maximum absolute atomic E-state index is 11.6. The van der Waals surface area contributed by atoms with Gasteiger partial charge in [-0.05, 0) is 13.8 Å². The van der Waals surface area contributed by atoms with E-state index in [0.717, 1.165) is 18.7 Å². The minimum Gasteiger partial charge on any atom is -0.425 e. The molecule has 4 heteroatoms. The maximum atomic E-state index is 11.6. The van der Waals surface area contributed by atoms with Gasteiger partial charge in [0, 0.05) is 24.7 Å². The van der Waals surface area contributed by atoms with Crippen molar-refractivity contribution in [2.24, 2.45) is 0 Å². The fourth-order valence-electron chi connectivity index (χ4n) is 1.76. The van der Waals surface area contributed by atoms with Crippen LogP contribution in [0.2, 0.25) is 0 Å². The number of hydrogen-bond donors (Lipinski definition) is 0. The standard InChI is InChI=1S/C14H16N2O2/c1-3-16(4-2)14-15-13(17)10-12(18-14)11-8-6-5-7-9-11/h5-10H,3-4H2,1-2H3. The predicted octanol–water partition coefficient (Wildman–Crippen LogP) is 2.55. The van der Waals surface area contributed by atoms with Crippen LogP contribution in [0, 0.1) is 0 Å². The summed E-state index contributed by atoms with van der Waals surface area (Å²) in [5.41, 5.74) is 0.604. The molecule has 0 aliphatic carbocycles. The van der Waals surface area contributed by atoms with E-state index in [0.29, 0.717) is 11.8 Å². The van der Waals surface area contributed by atoms with Crippen molar-refractivity contribution in [3.63, 3.8) is 0 Å². The first kappa shape index (κ1) is 12.4. The van der Waals surface area contributed by atoms with E-state index >= 15 is 0 Å². The molecule has 0 fully saturated rings. The molecule has 0 saturated carbocycles. The summed E-state index contributed by atoms with van der Waals surface area (Å²) in [5, 5.41) is 0. The van der Waals surface area contributed by atoms with Crippen molar-refractivity contribution >= 4 is 6.01 Å². The van der Waals surface area contributed by atoms with E-state index in [2.05, 4.69) is 4.98 Å². The number of hydrogen-bond acceptors (Lipinski definition) is 4. The van der Waals surface area contributed by atoms with Crippen LogP contribution in [0.5, 0.6) is 0 Å². The summed E-state index contributed by atoms with van der Waals surface area (Å²) in [7, 11) is 0. The monoisotopic (exact) mass is 244 g/mol. The minimum absolute atomic E-state index is 0.276. The van der Waals surface area contributed by atoms with Crippen LogP contribution >= 0.6 is 0 Å². The fraction of sp³-hybridized carbons (Fsp3) is 0.286. The Hall–Kier alpha value is -2.10. The Bertz CT molecular complexity index is 560. The molecule has 2 aromatic rings. The van der Waals surface area contributed by atoms with Gasteiger partial charge < -0.3 is 9.32 Å². The Balaban J connectivity index is 2.48. The van der Waals surface area contributed by atoms with Crippen LogP contribution < -0.4 is 10.5 Å². The molecule has 1 heterocycles. The lowest BCUT2D eigenvalue weighted by molar-refractivity contribution is 0.523. The largest absolute Gasteiger partial charge is 0.425 e. The molecule has 0 bridgehead atoms. The number of nitrogens with zero attached hydrogens (tertiary/aromatic N) is 2. The number of benzene rings is 1. The SMILES string of the molecule is CCN(CC)c1nc(=O)cc(-c2ccccc2)o1. The van der Waals surface area contributed by atoms with Gasteiger partial charge in [0.25, 0.3) is 5.56 Å². The quantitative estimate of drug-likeness (QED) is 0.829. The van der Waals surface area contributed by atoms with Crippen LogP contribution in [0.4, 0.5) is 6.01 Å². The van der Waals surface area contributed by atoms with E-state index < -0.39 is 0 Å². The topological polar surface area (TPSA) is 46.3 Å². The second-order valence-electron chi connectivity index (χ2n) is 3.88. The van der Waals surface area contributed by atoms with Gasteiger partial charge in [0.2, 0.25) is 0 Å². The Morgan fingerprint density at radius 2 is 1.83 bits per heavy atom. The molecular weight excluding hydrogens is 228 g/mol. The van der Waals surface area contributed by atoms with Crippen molar-refractivity contribution in [1.82, 2.24) is 4.98 Å². The third kappa shape index (κ3) is 2.59. The smallest absolute Gasteiger partial charge is 0.301 e. The lowest BCUT2D eigenvalue weighted by atomic mass is 10.2. The van der Waals surface area contributed by atoms with Crippen molar-refractivity contribution in [3.05, 3.63) is 46.8 Å². The summed E-state index contributed by atoms with van der Waals surface area (Å²) in [6, 6.07) is 11.4. The first-order valence-electron chi connectivity index (χ1n) is 6.07. The molecule has 0 aliphatic heterocycles. The number of anilines is 1. The normalized spacial score (nSPS) is 10.3. The average Bonchev–Trinajstić information content (AvgIpc) is 2.40. The summed E-state index contributed by atoms with van der Waals surface area (Å²) in [6.45, 7) is 5.51. The molecule has 4 nitrogen and oxygen atoms in total. The van der Waals surface area contributed by atoms with Crippen molar-refractivity contribution < 1.29 is 4.42 Å². The van der Waals surface area contributed by atoms with E-state index in [4.69, 9.17) is 4.42 Å². The number of aromatic nitrogens is 1. The van der Waals surface area contributed by atoms with Gasteiger partial charge in [0.05, 0.1) is 0 Å². The Morgan fingerprint density at radius 3 is 2.44 bits per heavy atom. The zero-order valence-electron chi connectivity index (χ0n) is 10.6. The van der Waals surface area contributed by atoms with Crippen LogP contribution in [0.1, 0.15) is 13.8 Å². The highest BCUT2D eigenvalue weighted by atomic mass is 16.4. The molecule has 94 valence electrons. The van der Waals surface area contributed by atoms with Crippen molar-refractivity contribution in [2.75, 3.05) is 18.0 Å². The molecule has 0 atom stereocenters. The first-order chi connectivity index (χ1) is 8.74. The summed E-state index contributed by atoms with van der Waals surface area (Å²) in [6.07, 6.45) is 0. The summed E-state index contributed by atoms with van der Waals surface area (Å²) >= 11 is 0. The lowest BCUT2D eigenvalue weighted by Gasteiger charge is -2.17. The summed E-state index contributed by atoms with van der Waals surface area (Å²) in [5.74, 6) is 0.553. The van der Waals surface area contributed by atoms with Crippen LogP contribution in [-0.4, -0.2) is 18.1 Å². The van der Waals surface area contributed by atoms with Crippen LogP contribution in [0.25, 0.3) is 11.3 Å². The van der Waals surface area contributed by atoms with Gasteiger partial charge in [-0.15, -0.1) is 0 Å². The molecule has 0 spiro atoms. The molecule has 1 aromatic carbocycles. The van der Waals surface area contributed by atoms with Crippen molar-refractivity contribution in [3.8, 4) is 11.3 Å². The highest BCUT2D eigenvalue weighted by Gasteiger charge is 2.10. The molecule has 18 heavy (non-hydrogen) atoms. The van der Waals surface area contributed by atoms with Gasteiger partial charge in [-0.2, -0.15) is 4.98 Å². The molecule has 0 unspecified atom stereocenters. The third-order valence-electron chi connectivity index (χ3n) is 2.75. The Morgan fingerprint density at radius 1 is 1.17 bits per heavy atom.